The molecule has 0 aliphatic carbocycles. The van der Waals surface area contributed by atoms with E-state index in [0.29, 0.717) is 19.8 Å². The summed E-state index contributed by atoms with van der Waals surface area (Å²) in [7, 11) is 0. The molecule has 1 aliphatic heterocycles. The van der Waals surface area contributed by atoms with Gasteiger partial charge < -0.3 is 19.3 Å². The van der Waals surface area contributed by atoms with E-state index in [1.54, 1.807) is 6.20 Å². The second kappa shape index (κ2) is 8.65. The maximum absolute atomic E-state index is 10.8. The standard InChI is InChI=1S/C24H23NO5/c1-17-22(6-3-11-25-17)19-5-2-4-18(12-19)13-29-21-9-7-20(8-10-21)24(15-28-16-24)30-14-23(26)27/h2-12H,13-16H2,1H3,(H,26,27). The molecule has 4 rings (SSSR count). The predicted molar refractivity (Wildman–Crippen MR) is 111 cm³/mol. The highest BCUT2D eigenvalue weighted by molar-refractivity contribution is 5.68. The van der Waals surface area contributed by atoms with Crippen molar-refractivity contribution in [3.8, 4) is 16.9 Å². The van der Waals surface area contributed by atoms with Gasteiger partial charge in [-0.15, -0.1) is 0 Å². The topological polar surface area (TPSA) is 77.9 Å². The number of hydrogen-bond acceptors (Lipinski definition) is 5. The molecule has 1 aromatic heterocycles. The number of aliphatic carboxylic acids is 1. The lowest BCUT2D eigenvalue weighted by Gasteiger charge is -2.41. The number of aromatic nitrogens is 1. The molecule has 3 aromatic rings. The minimum atomic E-state index is -0.995. The first-order valence-electron chi connectivity index (χ1n) is 9.73. The minimum absolute atomic E-state index is 0.348. The monoisotopic (exact) mass is 405 g/mol. The molecule has 0 bridgehead atoms. The number of aryl methyl sites for hydroxylation is 1. The van der Waals surface area contributed by atoms with Crippen molar-refractivity contribution in [3.63, 3.8) is 0 Å². The van der Waals surface area contributed by atoms with Crippen LogP contribution in [0.3, 0.4) is 0 Å². The summed E-state index contributed by atoms with van der Waals surface area (Å²) >= 11 is 0. The van der Waals surface area contributed by atoms with Gasteiger partial charge in [0.2, 0.25) is 0 Å². The highest BCUT2D eigenvalue weighted by Crippen LogP contribution is 2.34. The minimum Gasteiger partial charge on any atom is -0.489 e. The van der Waals surface area contributed by atoms with Crippen LogP contribution in [0.5, 0.6) is 5.75 Å². The summed E-state index contributed by atoms with van der Waals surface area (Å²) in [6.07, 6.45) is 1.79. The molecule has 1 aliphatic rings. The van der Waals surface area contributed by atoms with E-state index >= 15 is 0 Å². The Morgan fingerprint density at radius 2 is 1.93 bits per heavy atom. The van der Waals surface area contributed by atoms with Crippen molar-refractivity contribution in [2.45, 2.75) is 19.1 Å². The SMILES string of the molecule is Cc1ncccc1-c1cccc(COc2ccc(C3(OCC(=O)O)COC3)cc2)c1. The van der Waals surface area contributed by atoms with E-state index in [2.05, 4.69) is 23.2 Å². The third kappa shape index (κ3) is 4.35. The molecule has 0 radical (unpaired) electrons. The molecule has 1 fully saturated rings. The molecule has 0 atom stereocenters. The third-order valence-electron chi connectivity index (χ3n) is 5.17. The molecule has 0 saturated carbocycles. The van der Waals surface area contributed by atoms with Gasteiger partial charge in [-0.05, 0) is 47.9 Å². The Kier molecular flexibility index (Phi) is 5.79. The van der Waals surface area contributed by atoms with Crippen LogP contribution < -0.4 is 4.74 Å². The van der Waals surface area contributed by atoms with Crippen LogP contribution in [0.15, 0.2) is 66.9 Å². The van der Waals surface area contributed by atoms with Crippen molar-refractivity contribution in [2.24, 2.45) is 0 Å². The molecule has 6 heteroatoms. The zero-order valence-electron chi connectivity index (χ0n) is 16.7. The normalized spacial score (nSPS) is 14.7. The summed E-state index contributed by atoms with van der Waals surface area (Å²) < 4.78 is 16.8. The fourth-order valence-corrected chi connectivity index (χ4v) is 3.46. The third-order valence-corrected chi connectivity index (χ3v) is 5.17. The molecular weight excluding hydrogens is 382 g/mol. The van der Waals surface area contributed by atoms with Crippen LogP contribution in [-0.4, -0.2) is 35.9 Å². The van der Waals surface area contributed by atoms with Crippen LogP contribution in [0.25, 0.3) is 11.1 Å². The Labute approximate surface area is 175 Å². The van der Waals surface area contributed by atoms with Gasteiger partial charge in [0.05, 0.1) is 13.2 Å². The first kappa shape index (κ1) is 20.1. The van der Waals surface area contributed by atoms with E-state index < -0.39 is 11.6 Å². The van der Waals surface area contributed by atoms with Crippen LogP contribution in [0, 0.1) is 6.92 Å². The fourth-order valence-electron chi connectivity index (χ4n) is 3.46. The van der Waals surface area contributed by atoms with Gasteiger partial charge in [0, 0.05) is 17.5 Å². The number of carbonyl (C=O) groups is 1. The van der Waals surface area contributed by atoms with Gasteiger partial charge in [-0.2, -0.15) is 0 Å². The quantitative estimate of drug-likeness (QED) is 0.611. The van der Waals surface area contributed by atoms with Crippen molar-refractivity contribution in [1.82, 2.24) is 4.98 Å². The molecule has 0 unspecified atom stereocenters. The number of carboxylic acids is 1. The highest BCUT2D eigenvalue weighted by Gasteiger charge is 2.42. The number of ether oxygens (including phenoxy) is 3. The van der Waals surface area contributed by atoms with Gasteiger partial charge in [-0.1, -0.05) is 36.4 Å². The van der Waals surface area contributed by atoms with E-state index in [4.69, 9.17) is 19.3 Å². The zero-order valence-corrected chi connectivity index (χ0v) is 16.7. The smallest absolute Gasteiger partial charge is 0.329 e. The van der Waals surface area contributed by atoms with Gasteiger partial charge >= 0.3 is 5.97 Å². The van der Waals surface area contributed by atoms with Crippen LogP contribution >= 0.6 is 0 Å². The van der Waals surface area contributed by atoms with E-state index in [1.807, 2.05) is 49.4 Å². The van der Waals surface area contributed by atoms with E-state index in [-0.39, 0.29) is 6.61 Å². The number of nitrogens with zero attached hydrogens (tertiary/aromatic N) is 1. The maximum atomic E-state index is 10.8. The Hall–Kier alpha value is -3.22. The molecule has 154 valence electrons. The second-order valence-corrected chi connectivity index (χ2v) is 7.32. The van der Waals surface area contributed by atoms with Crippen LogP contribution in [0.1, 0.15) is 16.8 Å². The summed E-state index contributed by atoms with van der Waals surface area (Å²) in [5.41, 5.74) is 4.47. The molecule has 2 heterocycles. The van der Waals surface area contributed by atoms with Crippen molar-refractivity contribution < 1.29 is 24.1 Å². The molecule has 30 heavy (non-hydrogen) atoms. The molecule has 0 amide bonds. The van der Waals surface area contributed by atoms with Crippen LogP contribution in [0.4, 0.5) is 0 Å². The molecule has 6 nitrogen and oxygen atoms in total. The summed E-state index contributed by atoms with van der Waals surface area (Å²) in [6.45, 7) is 2.78. The van der Waals surface area contributed by atoms with Gasteiger partial charge in [0.25, 0.3) is 0 Å². The van der Waals surface area contributed by atoms with Crippen molar-refractivity contribution in [3.05, 3.63) is 83.7 Å². The number of rotatable bonds is 8. The number of benzene rings is 2. The summed E-state index contributed by atoms with van der Waals surface area (Å²) in [6, 6.07) is 19.8. The van der Waals surface area contributed by atoms with Gasteiger partial charge in [-0.3, -0.25) is 4.98 Å². The second-order valence-electron chi connectivity index (χ2n) is 7.32. The van der Waals surface area contributed by atoms with E-state index in [9.17, 15) is 4.79 Å². The number of pyridine rings is 1. The summed E-state index contributed by atoms with van der Waals surface area (Å²) in [5, 5.41) is 8.88. The Morgan fingerprint density at radius 3 is 2.60 bits per heavy atom. The predicted octanol–water partition coefficient (Wildman–Crippen LogP) is 3.96. The largest absolute Gasteiger partial charge is 0.489 e. The average molecular weight is 405 g/mol. The van der Waals surface area contributed by atoms with Gasteiger partial charge in [0.1, 0.15) is 24.6 Å². The summed E-state index contributed by atoms with van der Waals surface area (Å²) in [4.78, 5) is 15.2. The summed E-state index contributed by atoms with van der Waals surface area (Å²) in [5.74, 6) is -0.264. The lowest BCUT2D eigenvalue weighted by Crippen LogP contribution is -2.49. The fraction of sp³-hybridized carbons (Fsp3) is 0.250. The Balaban J connectivity index is 1.42. The molecule has 2 aromatic carbocycles. The molecule has 1 N–H and O–H groups in total. The molecule has 0 spiro atoms. The maximum Gasteiger partial charge on any atom is 0.329 e. The van der Waals surface area contributed by atoms with Crippen molar-refractivity contribution in [2.75, 3.05) is 19.8 Å². The van der Waals surface area contributed by atoms with Gasteiger partial charge in [0.15, 0.2) is 0 Å². The van der Waals surface area contributed by atoms with Gasteiger partial charge in [-0.25, -0.2) is 4.79 Å². The van der Waals surface area contributed by atoms with Crippen molar-refractivity contribution in [1.29, 1.82) is 0 Å². The van der Waals surface area contributed by atoms with Crippen LogP contribution in [0.2, 0.25) is 0 Å². The Morgan fingerprint density at radius 1 is 1.13 bits per heavy atom. The first-order chi connectivity index (χ1) is 14.6. The number of hydrogen-bond donors (Lipinski definition) is 1. The zero-order chi connectivity index (χ0) is 21.0. The lowest BCUT2D eigenvalue weighted by atomic mass is 9.91. The first-order valence-corrected chi connectivity index (χ1v) is 9.73. The molecular formula is C24H23NO5. The number of carboxylic acid groups (broad SMARTS) is 1. The highest BCUT2D eigenvalue weighted by atomic mass is 16.6. The lowest BCUT2D eigenvalue weighted by molar-refractivity contribution is -0.220. The van der Waals surface area contributed by atoms with Crippen LogP contribution in [-0.2, 0) is 26.5 Å². The Bertz CT molecular complexity index is 1030. The van der Waals surface area contributed by atoms with E-state index in [1.165, 1.54) is 0 Å². The average Bonchev–Trinajstić information content (AvgIpc) is 2.73. The van der Waals surface area contributed by atoms with E-state index in [0.717, 1.165) is 33.7 Å². The molecule has 1 saturated heterocycles. The van der Waals surface area contributed by atoms with Crippen molar-refractivity contribution >= 4 is 5.97 Å².